The average molecular weight is 499 g/mol. The van der Waals surface area contributed by atoms with Crippen LogP contribution in [0.2, 0.25) is 0 Å². The lowest BCUT2D eigenvalue weighted by atomic mass is 9.98. The van der Waals surface area contributed by atoms with Gasteiger partial charge in [-0.1, -0.05) is 42.5 Å². The quantitative estimate of drug-likeness (QED) is 0.493. The van der Waals surface area contributed by atoms with Crippen LogP contribution in [0.25, 0.3) is 0 Å². The van der Waals surface area contributed by atoms with E-state index >= 15 is 0 Å². The van der Waals surface area contributed by atoms with Crippen molar-refractivity contribution in [1.82, 2.24) is 5.32 Å². The van der Waals surface area contributed by atoms with E-state index in [1.165, 1.54) is 0 Å². The van der Waals surface area contributed by atoms with E-state index in [-0.39, 0.29) is 11.9 Å². The smallest absolute Gasteiger partial charge is 0.251 e. The molecule has 0 bridgehead atoms. The van der Waals surface area contributed by atoms with Crippen LogP contribution in [-0.4, -0.2) is 19.1 Å². The van der Waals surface area contributed by atoms with E-state index in [1.807, 2.05) is 60.7 Å². The molecule has 0 unspecified atom stereocenters. The lowest BCUT2D eigenvalue weighted by Gasteiger charge is -2.21. The maximum Gasteiger partial charge on any atom is 0.251 e. The normalized spacial score (nSPS) is 14.0. The number of ether oxygens (including phenoxy) is 2. The fourth-order valence-electron chi connectivity index (χ4n) is 3.37. The Labute approximate surface area is 184 Å². The van der Waals surface area contributed by atoms with Crippen LogP contribution in [0, 0.1) is 3.57 Å². The second-order valence-electron chi connectivity index (χ2n) is 6.98. The fraction of sp³-hybridized carbons (Fsp3) is 0.208. The molecule has 0 aliphatic carbocycles. The number of amides is 1. The third-order valence-electron chi connectivity index (χ3n) is 4.85. The Kier molecular flexibility index (Phi) is 6.34. The van der Waals surface area contributed by atoms with Crippen molar-refractivity contribution in [3.63, 3.8) is 0 Å². The monoisotopic (exact) mass is 499 g/mol. The highest BCUT2D eigenvalue weighted by Crippen LogP contribution is 2.33. The maximum atomic E-state index is 12.9. The summed E-state index contributed by atoms with van der Waals surface area (Å²) in [6.45, 7) is 1.29. The zero-order valence-electron chi connectivity index (χ0n) is 15.9. The molecule has 1 amide bonds. The lowest BCUT2D eigenvalue weighted by Crippen LogP contribution is -2.30. The van der Waals surface area contributed by atoms with Crippen molar-refractivity contribution in [1.29, 1.82) is 0 Å². The first-order valence-electron chi connectivity index (χ1n) is 9.69. The van der Waals surface area contributed by atoms with E-state index in [1.54, 1.807) is 0 Å². The predicted molar refractivity (Wildman–Crippen MR) is 122 cm³/mol. The van der Waals surface area contributed by atoms with Gasteiger partial charge >= 0.3 is 0 Å². The number of halogens is 1. The van der Waals surface area contributed by atoms with Crippen molar-refractivity contribution in [2.75, 3.05) is 13.2 Å². The summed E-state index contributed by atoms with van der Waals surface area (Å²) in [6, 6.07) is 23.5. The van der Waals surface area contributed by atoms with Gasteiger partial charge in [0.1, 0.15) is 0 Å². The Bertz CT molecular complexity index is 990. The molecule has 1 N–H and O–H groups in total. The molecule has 1 aliphatic rings. The molecule has 5 heteroatoms. The van der Waals surface area contributed by atoms with Crippen molar-refractivity contribution in [3.05, 3.63) is 93.1 Å². The minimum absolute atomic E-state index is 0.0865. The summed E-state index contributed by atoms with van der Waals surface area (Å²) in [7, 11) is 0. The van der Waals surface area contributed by atoms with Crippen LogP contribution in [0.3, 0.4) is 0 Å². The zero-order chi connectivity index (χ0) is 20.1. The summed E-state index contributed by atoms with van der Waals surface area (Å²) in [5.74, 6) is 1.41. The van der Waals surface area contributed by atoms with Gasteiger partial charge in [-0.3, -0.25) is 4.79 Å². The van der Waals surface area contributed by atoms with Gasteiger partial charge in [-0.15, -0.1) is 0 Å². The van der Waals surface area contributed by atoms with Gasteiger partial charge in [0.05, 0.1) is 19.3 Å². The first kappa shape index (κ1) is 19.8. The first-order valence-corrected chi connectivity index (χ1v) is 10.8. The summed E-state index contributed by atoms with van der Waals surface area (Å²) in [5, 5.41) is 3.21. The fourth-order valence-corrected chi connectivity index (χ4v) is 3.91. The van der Waals surface area contributed by atoms with E-state index < -0.39 is 0 Å². The molecule has 0 saturated carbocycles. The molecule has 1 atom stereocenters. The first-order chi connectivity index (χ1) is 14.2. The van der Waals surface area contributed by atoms with Crippen LogP contribution < -0.4 is 14.8 Å². The molecule has 0 saturated heterocycles. The number of carbonyl (C=O) groups excluding carboxylic acids is 1. The van der Waals surface area contributed by atoms with Gasteiger partial charge in [-0.25, -0.2) is 0 Å². The van der Waals surface area contributed by atoms with E-state index in [0.29, 0.717) is 25.2 Å². The van der Waals surface area contributed by atoms with Gasteiger partial charge in [0.2, 0.25) is 0 Å². The van der Waals surface area contributed by atoms with E-state index in [2.05, 4.69) is 40.0 Å². The summed E-state index contributed by atoms with van der Waals surface area (Å²) in [5.41, 5.74) is 2.81. The molecule has 3 aromatic carbocycles. The molecule has 4 rings (SSSR count). The number of hydrogen-bond acceptors (Lipinski definition) is 3. The largest absolute Gasteiger partial charge is 0.490 e. The summed E-state index contributed by atoms with van der Waals surface area (Å²) in [4.78, 5) is 12.9. The van der Waals surface area contributed by atoms with Crippen molar-refractivity contribution in [3.8, 4) is 11.5 Å². The van der Waals surface area contributed by atoms with Crippen molar-refractivity contribution < 1.29 is 14.3 Å². The molecule has 1 aliphatic heterocycles. The van der Waals surface area contributed by atoms with E-state index in [0.717, 1.165) is 32.6 Å². The van der Waals surface area contributed by atoms with Gasteiger partial charge < -0.3 is 14.8 Å². The highest BCUT2D eigenvalue weighted by Gasteiger charge is 2.20. The van der Waals surface area contributed by atoms with Crippen LogP contribution >= 0.6 is 22.6 Å². The van der Waals surface area contributed by atoms with Crippen molar-refractivity contribution >= 4 is 28.5 Å². The topological polar surface area (TPSA) is 47.6 Å². The van der Waals surface area contributed by atoms with Crippen LogP contribution in [0.4, 0.5) is 0 Å². The number of carbonyl (C=O) groups is 1. The Morgan fingerprint density at radius 2 is 1.72 bits per heavy atom. The van der Waals surface area contributed by atoms with Gasteiger partial charge in [-0.2, -0.15) is 0 Å². The standard InChI is InChI=1S/C24H22INO3/c25-20-9-4-8-19(15-20)24(27)26-21(14-17-6-2-1-3-7-17)18-10-11-22-23(16-18)29-13-5-12-28-22/h1-4,6-11,15-16,21H,5,12-14H2,(H,26,27)/t21-/m1/s1. The molecular weight excluding hydrogens is 477 g/mol. The second-order valence-corrected chi connectivity index (χ2v) is 8.23. The molecule has 0 radical (unpaired) electrons. The lowest BCUT2D eigenvalue weighted by molar-refractivity contribution is 0.0936. The Hall–Kier alpha value is -2.54. The van der Waals surface area contributed by atoms with Crippen LogP contribution in [0.15, 0.2) is 72.8 Å². The summed E-state index contributed by atoms with van der Waals surface area (Å²) in [6.07, 6.45) is 1.55. The van der Waals surface area contributed by atoms with E-state index in [9.17, 15) is 4.79 Å². The van der Waals surface area contributed by atoms with Gasteiger partial charge in [0, 0.05) is 15.6 Å². The number of hydrogen-bond donors (Lipinski definition) is 1. The van der Waals surface area contributed by atoms with Crippen molar-refractivity contribution in [2.24, 2.45) is 0 Å². The maximum absolute atomic E-state index is 12.9. The molecule has 148 valence electrons. The minimum atomic E-state index is -0.181. The highest BCUT2D eigenvalue weighted by molar-refractivity contribution is 14.1. The van der Waals surface area contributed by atoms with Gasteiger partial charge in [0.25, 0.3) is 5.91 Å². The third kappa shape index (κ3) is 5.09. The minimum Gasteiger partial charge on any atom is -0.490 e. The number of rotatable bonds is 5. The molecule has 1 heterocycles. The average Bonchev–Trinajstić information content (AvgIpc) is 2.99. The number of benzene rings is 3. The van der Waals surface area contributed by atoms with Crippen LogP contribution in [0.5, 0.6) is 11.5 Å². The molecule has 0 fully saturated rings. The summed E-state index contributed by atoms with van der Waals surface area (Å²) < 4.78 is 12.6. The molecular formula is C24H22INO3. The Morgan fingerprint density at radius 3 is 2.52 bits per heavy atom. The zero-order valence-corrected chi connectivity index (χ0v) is 18.1. The SMILES string of the molecule is O=C(N[C@H](Cc1ccccc1)c1ccc2c(c1)OCCCO2)c1cccc(I)c1. The van der Waals surface area contributed by atoms with Gasteiger partial charge in [-0.05, 0) is 70.5 Å². The van der Waals surface area contributed by atoms with Crippen LogP contribution in [-0.2, 0) is 6.42 Å². The highest BCUT2D eigenvalue weighted by atomic mass is 127. The predicted octanol–water partition coefficient (Wildman–Crippen LogP) is 5.17. The molecule has 0 aromatic heterocycles. The Morgan fingerprint density at radius 1 is 0.931 bits per heavy atom. The molecule has 29 heavy (non-hydrogen) atoms. The number of fused-ring (bicyclic) bond motifs is 1. The van der Waals surface area contributed by atoms with E-state index in [4.69, 9.17) is 9.47 Å². The molecule has 4 nitrogen and oxygen atoms in total. The Balaban J connectivity index is 1.63. The van der Waals surface area contributed by atoms with Gasteiger partial charge in [0.15, 0.2) is 11.5 Å². The van der Waals surface area contributed by atoms with Crippen molar-refractivity contribution in [2.45, 2.75) is 18.9 Å². The second kappa shape index (κ2) is 9.31. The third-order valence-corrected chi connectivity index (χ3v) is 5.52. The van der Waals surface area contributed by atoms with Crippen LogP contribution in [0.1, 0.15) is 33.9 Å². The number of nitrogens with one attached hydrogen (secondary N) is 1. The molecule has 0 spiro atoms. The summed E-state index contributed by atoms with van der Waals surface area (Å²) >= 11 is 2.22. The molecule has 3 aromatic rings.